The molecule has 0 bridgehead atoms. The van der Waals surface area contributed by atoms with Crippen LogP contribution in [-0.2, 0) is 6.54 Å². The number of nitrogens with one attached hydrogen (secondary N) is 1. The zero-order valence-corrected chi connectivity index (χ0v) is 18.8. The maximum absolute atomic E-state index is 13.0. The van der Waals surface area contributed by atoms with Crippen molar-refractivity contribution in [3.05, 3.63) is 114 Å². The zero-order chi connectivity index (χ0) is 22.5. The van der Waals surface area contributed by atoms with Gasteiger partial charge in [-0.2, -0.15) is 0 Å². The monoisotopic (exact) mass is 423 g/mol. The number of aromatic nitrogens is 2. The number of aryl methyl sites for hydroxylation is 1. The minimum absolute atomic E-state index is 0.0841. The van der Waals surface area contributed by atoms with Crippen LogP contribution in [0.5, 0.6) is 0 Å². The number of imidazole rings is 1. The molecule has 1 amide bonds. The van der Waals surface area contributed by atoms with Gasteiger partial charge >= 0.3 is 0 Å². The summed E-state index contributed by atoms with van der Waals surface area (Å²) in [5, 5.41) is 3.24. The summed E-state index contributed by atoms with van der Waals surface area (Å²) in [6, 6.07) is 27.9. The van der Waals surface area contributed by atoms with E-state index >= 15 is 0 Å². The molecule has 0 saturated heterocycles. The summed E-state index contributed by atoms with van der Waals surface area (Å²) in [6.07, 6.45) is 2.09. The number of benzene rings is 3. The van der Waals surface area contributed by atoms with E-state index in [1.54, 1.807) is 0 Å². The van der Waals surface area contributed by atoms with Gasteiger partial charge < -0.3 is 9.88 Å². The third-order valence-corrected chi connectivity index (χ3v) is 5.62. The lowest BCUT2D eigenvalue weighted by Crippen LogP contribution is -2.33. The fourth-order valence-electron chi connectivity index (χ4n) is 3.79. The summed E-state index contributed by atoms with van der Waals surface area (Å²) < 4.78 is 2.16. The fraction of sp³-hybridized carbons (Fsp3) is 0.214. The molecule has 1 heterocycles. The fourth-order valence-corrected chi connectivity index (χ4v) is 3.79. The number of hydrogen-bond acceptors (Lipinski definition) is 2. The number of amides is 1. The largest absolute Gasteiger partial charge is 0.342 e. The van der Waals surface area contributed by atoms with Crippen LogP contribution >= 0.6 is 0 Å². The van der Waals surface area contributed by atoms with Crippen LogP contribution in [0.15, 0.2) is 91.1 Å². The van der Waals surface area contributed by atoms with Gasteiger partial charge in [-0.3, -0.25) is 4.79 Å². The maximum atomic E-state index is 13.0. The van der Waals surface area contributed by atoms with Crippen LogP contribution < -0.4 is 5.32 Å². The lowest BCUT2D eigenvalue weighted by Gasteiger charge is -2.23. The van der Waals surface area contributed by atoms with Crippen molar-refractivity contribution in [2.24, 2.45) is 5.92 Å². The SMILES string of the molecule is Cc1ccc(C(=O)N[C@@H](c2nc(-c3ccccc3)cn2Cc2ccccc2)C(C)C)cc1. The summed E-state index contributed by atoms with van der Waals surface area (Å²) in [5.41, 5.74) is 4.95. The summed E-state index contributed by atoms with van der Waals surface area (Å²) >= 11 is 0. The molecule has 3 aromatic carbocycles. The van der Waals surface area contributed by atoms with Crippen LogP contribution in [0.3, 0.4) is 0 Å². The quantitative estimate of drug-likeness (QED) is 0.394. The topological polar surface area (TPSA) is 46.9 Å². The predicted molar refractivity (Wildman–Crippen MR) is 129 cm³/mol. The predicted octanol–water partition coefficient (Wildman–Crippen LogP) is 6.03. The Morgan fingerprint density at radius 3 is 2.16 bits per heavy atom. The van der Waals surface area contributed by atoms with Crippen LogP contribution in [0.4, 0.5) is 0 Å². The average Bonchev–Trinajstić information content (AvgIpc) is 3.22. The first-order chi connectivity index (χ1) is 15.5. The van der Waals surface area contributed by atoms with Gasteiger partial charge in [-0.25, -0.2) is 4.98 Å². The number of carbonyl (C=O) groups excluding carboxylic acids is 1. The Kier molecular flexibility index (Phi) is 6.50. The molecule has 4 nitrogen and oxygen atoms in total. The van der Waals surface area contributed by atoms with Crippen molar-refractivity contribution in [1.82, 2.24) is 14.9 Å². The van der Waals surface area contributed by atoms with Gasteiger partial charge in [-0.15, -0.1) is 0 Å². The second kappa shape index (κ2) is 9.65. The first-order valence-corrected chi connectivity index (χ1v) is 11.0. The van der Waals surface area contributed by atoms with Gasteiger partial charge in [0, 0.05) is 23.9 Å². The minimum Gasteiger partial charge on any atom is -0.342 e. The zero-order valence-electron chi connectivity index (χ0n) is 18.8. The van der Waals surface area contributed by atoms with E-state index in [0.717, 1.165) is 22.6 Å². The molecule has 162 valence electrons. The number of rotatable bonds is 7. The van der Waals surface area contributed by atoms with Crippen molar-refractivity contribution < 1.29 is 4.79 Å². The Morgan fingerprint density at radius 1 is 0.906 bits per heavy atom. The Balaban J connectivity index is 1.71. The van der Waals surface area contributed by atoms with Crippen molar-refractivity contribution in [2.45, 2.75) is 33.4 Å². The van der Waals surface area contributed by atoms with E-state index in [0.29, 0.717) is 12.1 Å². The van der Waals surface area contributed by atoms with Crippen molar-refractivity contribution in [3.63, 3.8) is 0 Å². The molecule has 0 aliphatic rings. The van der Waals surface area contributed by atoms with Crippen LogP contribution in [0.2, 0.25) is 0 Å². The Bertz CT molecular complexity index is 1160. The van der Waals surface area contributed by atoms with E-state index in [-0.39, 0.29) is 17.9 Å². The van der Waals surface area contributed by atoms with Gasteiger partial charge in [0.2, 0.25) is 0 Å². The molecular formula is C28H29N3O. The van der Waals surface area contributed by atoms with Crippen molar-refractivity contribution in [1.29, 1.82) is 0 Å². The highest BCUT2D eigenvalue weighted by atomic mass is 16.1. The van der Waals surface area contributed by atoms with Crippen LogP contribution in [0, 0.1) is 12.8 Å². The van der Waals surface area contributed by atoms with Gasteiger partial charge in [0.25, 0.3) is 5.91 Å². The van der Waals surface area contributed by atoms with E-state index in [9.17, 15) is 4.79 Å². The lowest BCUT2D eigenvalue weighted by molar-refractivity contribution is 0.0922. The Hall–Kier alpha value is -3.66. The van der Waals surface area contributed by atoms with Gasteiger partial charge in [0.15, 0.2) is 0 Å². The number of carbonyl (C=O) groups is 1. The molecule has 1 aromatic heterocycles. The van der Waals surface area contributed by atoms with E-state index in [2.05, 4.69) is 54.2 Å². The molecule has 0 saturated carbocycles. The highest BCUT2D eigenvalue weighted by Gasteiger charge is 2.25. The first kappa shape index (κ1) is 21.6. The maximum Gasteiger partial charge on any atom is 0.251 e. The minimum atomic E-state index is -0.218. The summed E-state index contributed by atoms with van der Waals surface area (Å²) in [6.45, 7) is 6.94. The molecule has 0 fully saturated rings. The molecule has 32 heavy (non-hydrogen) atoms. The first-order valence-electron chi connectivity index (χ1n) is 11.0. The molecule has 1 N–H and O–H groups in total. The Labute approximate surface area is 190 Å². The molecule has 4 heteroatoms. The average molecular weight is 424 g/mol. The van der Waals surface area contributed by atoms with Gasteiger partial charge in [-0.05, 0) is 30.5 Å². The van der Waals surface area contributed by atoms with Gasteiger partial charge in [-0.1, -0.05) is 92.2 Å². The van der Waals surface area contributed by atoms with Gasteiger partial charge in [0.05, 0.1) is 11.7 Å². The molecule has 0 spiro atoms. The number of nitrogens with zero attached hydrogens (tertiary/aromatic N) is 2. The lowest BCUT2D eigenvalue weighted by atomic mass is 10.0. The molecule has 4 rings (SSSR count). The third kappa shape index (κ3) is 4.97. The van der Waals surface area contributed by atoms with E-state index in [4.69, 9.17) is 4.98 Å². The van der Waals surface area contributed by atoms with Crippen LogP contribution in [0.25, 0.3) is 11.3 Å². The Morgan fingerprint density at radius 2 is 1.53 bits per heavy atom. The third-order valence-electron chi connectivity index (χ3n) is 5.62. The molecular weight excluding hydrogens is 394 g/mol. The molecule has 0 aliphatic carbocycles. The van der Waals surface area contributed by atoms with Crippen LogP contribution in [0.1, 0.15) is 47.2 Å². The van der Waals surface area contributed by atoms with Crippen molar-refractivity contribution in [2.75, 3.05) is 0 Å². The molecule has 1 atom stereocenters. The summed E-state index contributed by atoms with van der Waals surface area (Å²) in [4.78, 5) is 18.0. The van der Waals surface area contributed by atoms with Crippen LogP contribution in [-0.4, -0.2) is 15.5 Å². The highest BCUT2D eigenvalue weighted by molar-refractivity contribution is 5.94. The molecule has 0 unspecified atom stereocenters. The smallest absolute Gasteiger partial charge is 0.251 e. The normalized spacial score (nSPS) is 12.0. The van der Waals surface area contributed by atoms with Crippen molar-refractivity contribution in [3.8, 4) is 11.3 Å². The molecule has 0 radical (unpaired) electrons. The number of hydrogen-bond donors (Lipinski definition) is 1. The van der Waals surface area contributed by atoms with E-state index in [1.807, 2.05) is 67.6 Å². The second-order valence-electron chi connectivity index (χ2n) is 8.53. The summed E-state index contributed by atoms with van der Waals surface area (Å²) in [5.74, 6) is 0.951. The standard InChI is InChI=1S/C28H29N3O/c1-20(2)26(30-28(32)24-16-14-21(3)15-17-24)27-29-25(23-12-8-5-9-13-23)19-31(27)18-22-10-6-4-7-11-22/h4-17,19-20,26H,18H2,1-3H3,(H,30,32)/t26-/m1/s1. The van der Waals surface area contributed by atoms with Crippen molar-refractivity contribution >= 4 is 5.91 Å². The summed E-state index contributed by atoms with van der Waals surface area (Å²) in [7, 11) is 0. The van der Waals surface area contributed by atoms with E-state index < -0.39 is 0 Å². The molecule has 0 aliphatic heterocycles. The second-order valence-corrected chi connectivity index (χ2v) is 8.53. The highest BCUT2D eigenvalue weighted by Crippen LogP contribution is 2.27. The molecule has 4 aromatic rings. The van der Waals surface area contributed by atoms with E-state index in [1.165, 1.54) is 5.56 Å². The van der Waals surface area contributed by atoms with Gasteiger partial charge in [0.1, 0.15) is 5.82 Å².